The molecule has 1 aliphatic rings. The molecule has 4 amide bonds. The van der Waals surface area contributed by atoms with Crippen molar-refractivity contribution in [3.63, 3.8) is 0 Å². The number of anilines is 5. The van der Waals surface area contributed by atoms with E-state index in [2.05, 4.69) is 54.0 Å². The van der Waals surface area contributed by atoms with Gasteiger partial charge in [0.05, 0.1) is 0 Å². The van der Waals surface area contributed by atoms with Crippen LogP contribution in [-0.2, 0) is 12.8 Å². The fraction of sp³-hybridized carbons (Fsp3) is 0.308. The van der Waals surface area contributed by atoms with Crippen LogP contribution in [0.5, 0.6) is 0 Å². The molecule has 4 rings (SSSR count). The summed E-state index contributed by atoms with van der Waals surface area (Å²) in [6, 6.07) is 13.4. The first-order chi connectivity index (χ1) is 17.4. The van der Waals surface area contributed by atoms with E-state index >= 15 is 0 Å². The van der Waals surface area contributed by atoms with Gasteiger partial charge in [0.25, 0.3) is 0 Å². The van der Waals surface area contributed by atoms with Crippen LogP contribution in [0.1, 0.15) is 30.5 Å². The molecule has 188 valence electrons. The van der Waals surface area contributed by atoms with Gasteiger partial charge in [0.2, 0.25) is 5.95 Å². The normalized spacial score (nSPS) is 12.1. The topological polar surface area (TPSA) is 132 Å². The third-order valence-corrected chi connectivity index (χ3v) is 5.57. The van der Waals surface area contributed by atoms with Crippen LogP contribution in [0.2, 0.25) is 0 Å². The van der Waals surface area contributed by atoms with Gasteiger partial charge in [-0.25, -0.2) is 14.6 Å². The Balaban J connectivity index is 1.48. The predicted octanol–water partition coefficient (Wildman–Crippen LogP) is 4.20. The van der Waals surface area contributed by atoms with Crippen LogP contribution < -0.4 is 31.9 Å². The Morgan fingerprint density at radius 1 is 0.972 bits per heavy atom. The van der Waals surface area contributed by atoms with E-state index in [9.17, 15) is 9.59 Å². The molecule has 3 aromatic rings. The number of nitrogens with one attached hydrogen (secondary N) is 6. The number of aryl methyl sites for hydroxylation is 3. The number of amides is 4. The minimum absolute atomic E-state index is 0.0505. The monoisotopic (exact) mass is 488 g/mol. The van der Waals surface area contributed by atoms with Gasteiger partial charge in [-0.15, -0.1) is 0 Å². The molecular formula is C26H32N8O2. The molecule has 0 spiro atoms. The standard InChI is InChI=1S/C26H32N8O2/c1-16(2)30-25(35)27-11-12-28-26(36)33-22-10-9-21-14-19(22)8-7-18-5-4-6-20(13-18)32-24-29-15-17(3)23(31-21)34-24/h4-6,9-10,13-16H,7-8,11-12H2,1-3H3,(H2,27,30,35)(H2,28,33,36)(H2,29,31,32,34). The van der Waals surface area contributed by atoms with Gasteiger partial charge in [-0.3, -0.25) is 0 Å². The van der Waals surface area contributed by atoms with E-state index in [4.69, 9.17) is 0 Å². The minimum atomic E-state index is -0.330. The number of fused-ring (bicyclic) bond motifs is 6. The second kappa shape index (κ2) is 11.4. The van der Waals surface area contributed by atoms with E-state index in [0.717, 1.165) is 46.6 Å². The average Bonchev–Trinajstić information content (AvgIpc) is 2.84. The fourth-order valence-electron chi connectivity index (χ4n) is 3.81. The molecule has 0 atom stereocenters. The van der Waals surface area contributed by atoms with E-state index in [-0.39, 0.29) is 18.1 Å². The first kappa shape index (κ1) is 24.8. The summed E-state index contributed by atoms with van der Waals surface area (Å²) in [4.78, 5) is 33.2. The number of carbonyl (C=O) groups excluding carboxylic acids is 2. The number of carbonyl (C=O) groups is 2. The second-order valence-corrected chi connectivity index (χ2v) is 8.98. The number of urea groups is 2. The van der Waals surface area contributed by atoms with Gasteiger partial charge in [-0.2, -0.15) is 4.98 Å². The quantitative estimate of drug-likeness (QED) is 0.298. The molecule has 10 heteroatoms. The van der Waals surface area contributed by atoms with E-state index in [1.165, 1.54) is 0 Å². The summed E-state index contributed by atoms with van der Waals surface area (Å²) < 4.78 is 0. The fourth-order valence-corrected chi connectivity index (χ4v) is 3.81. The van der Waals surface area contributed by atoms with Crippen molar-refractivity contribution in [3.05, 3.63) is 65.4 Å². The van der Waals surface area contributed by atoms with Crippen molar-refractivity contribution in [1.82, 2.24) is 25.9 Å². The van der Waals surface area contributed by atoms with Gasteiger partial charge < -0.3 is 31.9 Å². The molecule has 1 aliphatic heterocycles. The molecule has 10 nitrogen and oxygen atoms in total. The number of hydrogen-bond acceptors (Lipinski definition) is 6. The lowest BCUT2D eigenvalue weighted by atomic mass is 10.0. The lowest BCUT2D eigenvalue weighted by Crippen LogP contribution is -2.43. The van der Waals surface area contributed by atoms with Crippen LogP contribution in [-0.4, -0.2) is 41.2 Å². The minimum Gasteiger partial charge on any atom is -0.340 e. The highest BCUT2D eigenvalue weighted by molar-refractivity contribution is 5.90. The summed E-state index contributed by atoms with van der Waals surface area (Å²) in [6.07, 6.45) is 3.30. The van der Waals surface area contributed by atoms with Crippen LogP contribution >= 0.6 is 0 Å². The largest absolute Gasteiger partial charge is 0.340 e. The van der Waals surface area contributed by atoms with Gasteiger partial charge in [0.1, 0.15) is 5.82 Å². The Bertz CT molecular complexity index is 1240. The van der Waals surface area contributed by atoms with Gasteiger partial charge in [0, 0.05) is 48.0 Å². The molecule has 0 radical (unpaired) electrons. The molecule has 2 aromatic carbocycles. The van der Waals surface area contributed by atoms with E-state index in [1.54, 1.807) is 6.20 Å². The van der Waals surface area contributed by atoms with E-state index in [0.29, 0.717) is 24.9 Å². The summed E-state index contributed by atoms with van der Waals surface area (Å²) in [6.45, 7) is 6.36. The summed E-state index contributed by atoms with van der Waals surface area (Å²) in [7, 11) is 0. The Hall–Kier alpha value is -4.34. The Labute approximate surface area is 210 Å². The first-order valence-electron chi connectivity index (χ1n) is 12.0. The first-order valence-corrected chi connectivity index (χ1v) is 12.0. The number of nitrogens with zero attached hydrogens (tertiary/aromatic N) is 2. The summed E-state index contributed by atoms with van der Waals surface area (Å²) in [5.74, 6) is 1.23. The van der Waals surface area contributed by atoms with Crippen molar-refractivity contribution < 1.29 is 9.59 Å². The number of benzene rings is 2. The van der Waals surface area contributed by atoms with Crippen molar-refractivity contribution in [3.8, 4) is 0 Å². The highest BCUT2D eigenvalue weighted by Crippen LogP contribution is 2.27. The lowest BCUT2D eigenvalue weighted by molar-refractivity contribution is 0.237. The number of hydrogen-bond donors (Lipinski definition) is 6. The highest BCUT2D eigenvalue weighted by atomic mass is 16.2. The zero-order valence-electron chi connectivity index (χ0n) is 20.7. The molecule has 0 saturated heterocycles. The summed E-state index contributed by atoms with van der Waals surface area (Å²) >= 11 is 0. The SMILES string of the molecule is Cc1cnc2nc1Nc1ccc(NC(=O)NCCNC(=O)NC(C)C)c(c1)CCc1cccc(c1)N2. The van der Waals surface area contributed by atoms with Crippen molar-refractivity contribution in [1.29, 1.82) is 0 Å². The van der Waals surface area contributed by atoms with Crippen molar-refractivity contribution in [2.45, 2.75) is 39.7 Å². The smallest absolute Gasteiger partial charge is 0.319 e. The molecule has 0 saturated carbocycles. The molecule has 6 N–H and O–H groups in total. The van der Waals surface area contributed by atoms with Crippen molar-refractivity contribution in [2.24, 2.45) is 0 Å². The van der Waals surface area contributed by atoms with Crippen LogP contribution in [0.25, 0.3) is 0 Å². The maximum atomic E-state index is 12.5. The zero-order chi connectivity index (χ0) is 25.5. The average molecular weight is 489 g/mol. The third kappa shape index (κ3) is 6.84. The zero-order valence-corrected chi connectivity index (χ0v) is 20.7. The van der Waals surface area contributed by atoms with E-state index < -0.39 is 0 Å². The molecule has 2 heterocycles. The van der Waals surface area contributed by atoms with Crippen LogP contribution in [0.15, 0.2) is 48.7 Å². The second-order valence-electron chi connectivity index (χ2n) is 8.98. The molecule has 36 heavy (non-hydrogen) atoms. The Morgan fingerprint density at radius 2 is 1.75 bits per heavy atom. The maximum absolute atomic E-state index is 12.5. The Morgan fingerprint density at radius 3 is 2.56 bits per heavy atom. The van der Waals surface area contributed by atoms with Gasteiger partial charge >= 0.3 is 12.1 Å². The number of aromatic nitrogens is 2. The molecule has 6 bridgehead atoms. The highest BCUT2D eigenvalue weighted by Gasteiger charge is 2.12. The molecule has 0 unspecified atom stereocenters. The van der Waals surface area contributed by atoms with Crippen LogP contribution in [0.3, 0.4) is 0 Å². The number of rotatable bonds is 5. The molecule has 0 fully saturated rings. The van der Waals surface area contributed by atoms with Gasteiger partial charge in [-0.05, 0) is 75.1 Å². The predicted molar refractivity (Wildman–Crippen MR) is 142 cm³/mol. The third-order valence-electron chi connectivity index (χ3n) is 5.57. The van der Waals surface area contributed by atoms with Crippen LogP contribution in [0.4, 0.5) is 38.4 Å². The molecule has 1 aromatic heterocycles. The van der Waals surface area contributed by atoms with Gasteiger partial charge in [-0.1, -0.05) is 12.1 Å². The van der Waals surface area contributed by atoms with E-state index in [1.807, 2.05) is 51.1 Å². The summed E-state index contributed by atoms with van der Waals surface area (Å²) in [5, 5.41) is 17.8. The van der Waals surface area contributed by atoms with Gasteiger partial charge in [0.15, 0.2) is 0 Å². The molecule has 0 aliphatic carbocycles. The lowest BCUT2D eigenvalue weighted by Gasteiger charge is -2.15. The maximum Gasteiger partial charge on any atom is 0.319 e. The van der Waals surface area contributed by atoms with Crippen LogP contribution in [0, 0.1) is 6.92 Å². The summed E-state index contributed by atoms with van der Waals surface area (Å²) in [5.41, 5.74) is 5.59. The van der Waals surface area contributed by atoms with Crippen molar-refractivity contribution in [2.75, 3.05) is 29.0 Å². The molecular weight excluding hydrogens is 456 g/mol. The Kier molecular flexibility index (Phi) is 7.84. The van der Waals surface area contributed by atoms with Crippen molar-refractivity contribution >= 4 is 40.9 Å².